The van der Waals surface area contributed by atoms with Crippen LogP contribution in [0.15, 0.2) is 64.8 Å². The van der Waals surface area contributed by atoms with Gasteiger partial charge in [-0.3, -0.25) is 4.79 Å². The van der Waals surface area contributed by atoms with Gasteiger partial charge in [0.1, 0.15) is 5.75 Å². The first-order valence-corrected chi connectivity index (χ1v) is 8.82. The fraction of sp³-hybridized carbons (Fsp3) is 0.211. The molecule has 1 saturated heterocycles. The minimum atomic E-state index is -0.195. The minimum absolute atomic E-state index is 0.0351. The van der Waals surface area contributed by atoms with E-state index in [1.165, 1.54) is 11.8 Å². The largest absolute Gasteiger partial charge is 0.497 e. The van der Waals surface area contributed by atoms with E-state index < -0.39 is 0 Å². The first-order chi connectivity index (χ1) is 12.2. The first kappa shape index (κ1) is 17.2. The first-order valence-electron chi connectivity index (χ1n) is 7.94. The van der Waals surface area contributed by atoms with Crippen LogP contribution in [0.2, 0.25) is 0 Å². The van der Waals surface area contributed by atoms with E-state index in [2.05, 4.69) is 15.5 Å². The molecule has 1 N–H and O–H groups in total. The average molecular weight is 353 g/mol. The van der Waals surface area contributed by atoms with Gasteiger partial charge in [0, 0.05) is 0 Å². The fourth-order valence-electron chi connectivity index (χ4n) is 2.42. The molecule has 0 saturated carbocycles. The Kier molecular flexibility index (Phi) is 5.50. The van der Waals surface area contributed by atoms with Crippen molar-refractivity contribution >= 4 is 28.5 Å². The van der Waals surface area contributed by atoms with Crippen LogP contribution in [0.25, 0.3) is 0 Å². The summed E-state index contributed by atoms with van der Waals surface area (Å²) in [6.45, 7) is 1.90. The van der Waals surface area contributed by atoms with Gasteiger partial charge >= 0.3 is 0 Å². The van der Waals surface area contributed by atoms with Gasteiger partial charge in [-0.15, -0.1) is 5.10 Å². The highest BCUT2D eigenvalue weighted by atomic mass is 32.2. The van der Waals surface area contributed by atoms with Gasteiger partial charge in [-0.1, -0.05) is 54.2 Å². The molecule has 6 heteroatoms. The van der Waals surface area contributed by atoms with Crippen LogP contribution >= 0.6 is 11.8 Å². The number of nitrogens with zero attached hydrogens (tertiary/aromatic N) is 2. The van der Waals surface area contributed by atoms with Gasteiger partial charge in [0.25, 0.3) is 0 Å². The van der Waals surface area contributed by atoms with E-state index in [4.69, 9.17) is 4.74 Å². The molecule has 0 bridgehead atoms. The molecule has 0 aliphatic carbocycles. The molecule has 1 atom stereocenters. The Bertz CT molecular complexity index is 801. The molecule has 0 spiro atoms. The zero-order valence-electron chi connectivity index (χ0n) is 14.1. The lowest BCUT2D eigenvalue weighted by atomic mass is 10.1. The molecule has 1 heterocycles. The van der Waals surface area contributed by atoms with Crippen LogP contribution in [-0.4, -0.2) is 29.1 Å². The van der Waals surface area contributed by atoms with E-state index in [1.54, 1.807) is 7.11 Å². The second-order valence-electron chi connectivity index (χ2n) is 5.60. The highest BCUT2D eigenvalue weighted by Gasteiger charge is 2.30. The van der Waals surface area contributed by atoms with Gasteiger partial charge in [0.2, 0.25) is 5.91 Å². The summed E-state index contributed by atoms with van der Waals surface area (Å²) in [7, 11) is 1.63. The highest BCUT2D eigenvalue weighted by molar-refractivity contribution is 8.15. The summed E-state index contributed by atoms with van der Waals surface area (Å²) in [4.78, 5) is 12.1. The number of carbonyl (C=O) groups excluding carboxylic acids is 1. The molecule has 0 unspecified atom stereocenters. The number of methoxy groups -OCH3 is 1. The van der Waals surface area contributed by atoms with E-state index in [1.807, 2.05) is 61.5 Å². The van der Waals surface area contributed by atoms with Crippen LogP contribution in [-0.2, 0) is 11.2 Å². The maximum atomic E-state index is 12.1. The van der Waals surface area contributed by atoms with Crippen LogP contribution in [0.4, 0.5) is 0 Å². The number of carbonyl (C=O) groups is 1. The number of benzene rings is 2. The van der Waals surface area contributed by atoms with E-state index in [0.29, 0.717) is 11.6 Å². The Hall–Kier alpha value is -2.60. The van der Waals surface area contributed by atoms with Crippen LogP contribution in [0, 0.1) is 0 Å². The van der Waals surface area contributed by atoms with E-state index in [0.717, 1.165) is 22.6 Å². The predicted molar refractivity (Wildman–Crippen MR) is 102 cm³/mol. The predicted octanol–water partition coefficient (Wildman–Crippen LogP) is 3.25. The number of nitrogens with one attached hydrogen (secondary N) is 1. The molecule has 1 fully saturated rings. The van der Waals surface area contributed by atoms with Gasteiger partial charge in [0.05, 0.1) is 18.1 Å². The van der Waals surface area contributed by atoms with Crippen molar-refractivity contribution in [3.8, 4) is 5.75 Å². The summed E-state index contributed by atoms with van der Waals surface area (Å²) < 4.78 is 5.15. The van der Waals surface area contributed by atoms with Crippen molar-refractivity contribution in [1.29, 1.82) is 0 Å². The molecule has 5 nitrogen and oxygen atoms in total. The fourth-order valence-corrected chi connectivity index (χ4v) is 3.38. The third-order valence-corrected chi connectivity index (χ3v) is 4.91. The van der Waals surface area contributed by atoms with Gasteiger partial charge < -0.3 is 10.1 Å². The molecule has 0 radical (unpaired) electrons. The molecule has 2 aromatic rings. The Balaban J connectivity index is 1.65. The molecular formula is C19H19N3O2S. The molecule has 2 aromatic carbocycles. The SMILES string of the molecule is COc1ccc(C[C@@H]2S/C(=N/N=C(\C)c3ccccc3)NC2=O)cc1. The number of thioether (sulfide) groups is 1. The summed E-state index contributed by atoms with van der Waals surface area (Å²) >= 11 is 1.41. The second kappa shape index (κ2) is 7.98. The number of amides is 1. The van der Waals surface area contributed by atoms with Crippen LogP contribution in [0.1, 0.15) is 18.1 Å². The molecule has 3 rings (SSSR count). The van der Waals surface area contributed by atoms with Crippen molar-refractivity contribution in [2.45, 2.75) is 18.6 Å². The molecule has 25 heavy (non-hydrogen) atoms. The van der Waals surface area contributed by atoms with Gasteiger partial charge in [0.15, 0.2) is 5.17 Å². The van der Waals surface area contributed by atoms with Crippen molar-refractivity contribution in [2.24, 2.45) is 10.2 Å². The molecular weight excluding hydrogens is 334 g/mol. The Labute approximate surface area is 151 Å². The zero-order valence-corrected chi connectivity index (χ0v) is 14.9. The quantitative estimate of drug-likeness (QED) is 0.663. The van der Waals surface area contributed by atoms with Gasteiger partial charge in [-0.25, -0.2) is 0 Å². The molecule has 1 aliphatic rings. The number of hydrogen-bond acceptors (Lipinski definition) is 5. The van der Waals surface area contributed by atoms with Crippen molar-refractivity contribution in [2.75, 3.05) is 7.11 Å². The van der Waals surface area contributed by atoms with Crippen LogP contribution in [0.5, 0.6) is 5.75 Å². The minimum Gasteiger partial charge on any atom is -0.497 e. The summed E-state index contributed by atoms with van der Waals surface area (Å²) in [6, 6.07) is 17.6. The third-order valence-electron chi connectivity index (χ3n) is 3.84. The average Bonchev–Trinajstić information content (AvgIpc) is 3.00. The lowest BCUT2D eigenvalue weighted by Crippen LogP contribution is -2.25. The van der Waals surface area contributed by atoms with E-state index >= 15 is 0 Å². The number of rotatable bonds is 5. The summed E-state index contributed by atoms with van der Waals surface area (Å²) in [6.07, 6.45) is 0.640. The van der Waals surface area contributed by atoms with Crippen molar-refractivity contribution in [3.05, 3.63) is 65.7 Å². The normalized spacial score (nSPS) is 19.1. The smallest absolute Gasteiger partial charge is 0.239 e. The van der Waals surface area contributed by atoms with E-state index in [9.17, 15) is 4.79 Å². The summed E-state index contributed by atoms with van der Waals surface area (Å²) in [5, 5.41) is 11.6. The maximum Gasteiger partial charge on any atom is 0.239 e. The zero-order chi connectivity index (χ0) is 17.6. The van der Waals surface area contributed by atoms with E-state index in [-0.39, 0.29) is 11.2 Å². The molecule has 0 aromatic heterocycles. The molecule has 128 valence electrons. The number of ether oxygens (including phenoxy) is 1. The van der Waals surface area contributed by atoms with Crippen molar-refractivity contribution in [3.63, 3.8) is 0 Å². The highest BCUT2D eigenvalue weighted by Crippen LogP contribution is 2.24. The number of amidine groups is 1. The Morgan fingerprint density at radius 1 is 1.16 bits per heavy atom. The molecule has 1 amide bonds. The Morgan fingerprint density at radius 2 is 1.88 bits per heavy atom. The Morgan fingerprint density at radius 3 is 2.56 bits per heavy atom. The van der Waals surface area contributed by atoms with Crippen LogP contribution < -0.4 is 10.1 Å². The number of hydrogen-bond donors (Lipinski definition) is 1. The van der Waals surface area contributed by atoms with Crippen LogP contribution in [0.3, 0.4) is 0 Å². The lowest BCUT2D eigenvalue weighted by Gasteiger charge is -2.06. The van der Waals surface area contributed by atoms with Gasteiger partial charge in [-0.05, 0) is 36.6 Å². The molecule has 1 aliphatic heterocycles. The monoisotopic (exact) mass is 353 g/mol. The summed E-state index contributed by atoms with van der Waals surface area (Å²) in [5.74, 6) is 0.771. The van der Waals surface area contributed by atoms with Crippen molar-refractivity contribution < 1.29 is 9.53 Å². The van der Waals surface area contributed by atoms with Gasteiger partial charge in [-0.2, -0.15) is 5.10 Å². The topological polar surface area (TPSA) is 63.1 Å². The second-order valence-corrected chi connectivity index (χ2v) is 6.80. The van der Waals surface area contributed by atoms with Crippen molar-refractivity contribution in [1.82, 2.24) is 5.32 Å². The third kappa shape index (κ3) is 4.48. The summed E-state index contributed by atoms with van der Waals surface area (Å²) in [5.41, 5.74) is 2.90. The standard InChI is InChI=1S/C19H19N3O2S/c1-13(15-6-4-3-5-7-15)21-22-19-20-18(23)17(25-19)12-14-8-10-16(24-2)11-9-14/h3-11,17H,12H2,1-2H3,(H,20,22,23)/b21-13+/t17-/m0/s1. The lowest BCUT2D eigenvalue weighted by molar-refractivity contribution is -0.118. The maximum absolute atomic E-state index is 12.1.